The van der Waals surface area contributed by atoms with Gasteiger partial charge in [-0.2, -0.15) is 0 Å². The van der Waals surface area contributed by atoms with Crippen LogP contribution in [0.5, 0.6) is 11.5 Å². The zero-order valence-electron chi connectivity index (χ0n) is 16.6. The highest BCUT2D eigenvalue weighted by Crippen LogP contribution is 2.62. The van der Waals surface area contributed by atoms with E-state index in [4.69, 9.17) is 9.84 Å². The summed E-state index contributed by atoms with van der Waals surface area (Å²) in [5.41, 5.74) is 3.58. The molecule has 30 heavy (non-hydrogen) atoms. The Morgan fingerprint density at radius 1 is 1.03 bits per heavy atom. The van der Waals surface area contributed by atoms with Gasteiger partial charge in [-0.3, -0.25) is 0 Å². The second-order valence-electron chi connectivity index (χ2n) is 9.56. The Morgan fingerprint density at radius 2 is 1.73 bits per heavy atom. The number of phenols is 1. The average Bonchev–Trinajstić information content (AvgIpc) is 3.10. The minimum absolute atomic E-state index is 0.101. The number of nitrogens with one attached hydrogen (secondary N) is 1. The number of fused-ring (bicyclic) bond motifs is 1. The highest BCUT2D eigenvalue weighted by Gasteiger charge is 2.52. The Labute approximate surface area is 173 Å². The summed E-state index contributed by atoms with van der Waals surface area (Å²) in [5.74, 6) is 3.76. The summed E-state index contributed by atoms with van der Waals surface area (Å²) in [6.07, 6.45) is 6.31. The molecule has 0 aliphatic heterocycles. The van der Waals surface area contributed by atoms with E-state index in [9.17, 15) is 9.90 Å². The van der Waals surface area contributed by atoms with Gasteiger partial charge in [0.2, 0.25) is 0 Å². The molecule has 4 saturated carbocycles. The molecule has 6 heteroatoms. The third-order valence-corrected chi connectivity index (χ3v) is 7.54. The van der Waals surface area contributed by atoms with Gasteiger partial charge >= 0.3 is 6.16 Å². The molecule has 0 spiro atoms. The molecule has 154 valence electrons. The lowest BCUT2D eigenvalue weighted by Gasteiger charge is -2.57. The van der Waals surface area contributed by atoms with E-state index in [1.807, 2.05) is 6.07 Å². The SMILES string of the molecule is O=C(O)Oc1ccc2[nH]c(-c3ccc(O)c(C45CC6CC(CC(C6)C4)C5)c3)nc2c1. The van der Waals surface area contributed by atoms with E-state index < -0.39 is 6.16 Å². The van der Waals surface area contributed by atoms with E-state index >= 15 is 0 Å². The van der Waals surface area contributed by atoms with Gasteiger partial charge in [-0.1, -0.05) is 0 Å². The number of hydrogen-bond donors (Lipinski definition) is 3. The van der Waals surface area contributed by atoms with Gasteiger partial charge in [-0.15, -0.1) is 0 Å². The Hall–Kier alpha value is -3.02. The zero-order chi connectivity index (χ0) is 20.5. The number of carboxylic acid groups (broad SMARTS) is 1. The Morgan fingerprint density at radius 3 is 2.40 bits per heavy atom. The average molecular weight is 404 g/mol. The standard InChI is InChI=1S/C24H24N2O4/c27-21-4-1-16(22-25-19-3-2-17(30-23(28)29)9-20(19)26-22)8-18(21)24-10-13-5-14(11-24)7-15(6-13)12-24/h1-4,8-9,13-15,27H,5-7,10-12H2,(H,25,26)(H,28,29). The van der Waals surface area contributed by atoms with E-state index in [1.165, 1.54) is 38.5 Å². The molecule has 0 atom stereocenters. The summed E-state index contributed by atoms with van der Waals surface area (Å²) in [7, 11) is 0. The van der Waals surface area contributed by atoms with Crippen LogP contribution in [0.15, 0.2) is 36.4 Å². The normalized spacial score (nSPS) is 29.4. The highest BCUT2D eigenvalue weighted by molar-refractivity contribution is 5.81. The van der Waals surface area contributed by atoms with Crippen LogP contribution < -0.4 is 4.74 Å². The van der Waals surface area contributed by atoms with Crippen molar-refractivity contribution in [2.75, 3.05) is 0 Å². The predicted molar refractivity (Wildman–Crippen MR) is 112 cm³/mol. The van der Waals surface area contributed by atoms with Gasteiger partial charge in [0.05, 0.1) is 11.0 Å². The molecule has 4 fully saturated rings. The van der Waals surface area contributed by atoms with Crippen molar-refractivity contribution in [1.82, 2.24) is 9.97 Å². The molecule has 2 aromatic carbocycles. The van der Waals surface area contributed by atoms with Gasteiger partial charge in [0.25, 0.3) is 0 Å². The molecule has 1 aromatic heterocycles. The van der Waals surface area contributed by atoms with Crippen LogP contribution in [0.1, 0.15) is 44.1 Å². The van der Waals surface area contributed by atoms with Crippen molar-refractivity contribution in [2.24, 2.45) is 17.8 Å². The lowest BCUT2D eigenvalue weighted by Crippen LogP contribution is -2.48. The van der Waals surface area contributed by atoms with Crippen LogP contribution in [0.3, 0.4) is 0 Å². The first kappa shape index (κ1) is 17.8. The molecule has 7 rings (SSSR count). The number of imidazole rings is 1. The van der Waals surface area contributed by atoms with Crippen LogP contribution >= 0.6 is 0 Å². The summed E-state index contributed by atoms with van der Waals surface area (Å²) in [6.45, 7) is 0. The molecule has 6 nitrogen and oxygen atoms in total. The lowest BCUT2D eigenvalue weighted by atomic mass is 9.48. The van der Waals surface area contributed by atoms with Crippen LogP contribution in [-0.4, -0.2) is 26.3 Å². The maximum atomic E-state index is 10.8. The molecule has 0 amide bonds. The number of aromatic hydroxyl groups is 1. The fourth-order valence-electron chi connectivity index (χ4n) is 6.84. The molecule has 0 radical (unpaired) electrons. The van der Waals surface area contributed by atoms with Crippen molar-refractivity contribution < 1.29 is 19.7 Å². The van der Waals surface area contributed by atoms with Crippen LogP contribution in [-0.2, 0) is 5.41 Å². The molecule has 0 unspecified atom stereocenters. The van der Waals surface area contributed by atoms with E-state index in [0.717, 1.165) is 34.4 Å². The van der Waals surface area contributed by atoms with Crippen LogP contribution in [0, 0.1) is 17.8 Å². The van der Waals surface area contributed by atoms with E-state index in [1.54, 1.807) is 24.3 Å². The topological polar surface area (TPSA) is 95.4 Å². The van der Waals surface area contributed by atoms with Gasteiger partial charge in [-0.05, 0) is 92.0 Å². The van der Waals surface area contributed by atoms with Crippen LogP contribution in [0.25, 0.3) is 22.4 Å². The first-order valence-corrected chi connectivity index (χ1v) is 10.7. The van der Waals surface area contributed by atoms with Crippen molar-refractivity contribution in [3.63, 3.8) is 0 Å². The Balaban J connectivity index is 1.39. The number of phenolic OH excluding ortho intramolecular Hbond substituents is 1. The minimum atomic E-state index is -1.34. The van der Waals surface area contributed by atoms with Crippen molar-refractivity contribution >= 4 is 17.2 Å². The second-order valence-corrected chi connectivity index (χ2v) is 9.56. The fourth-order valence-corrected chi connectivity index (χ4v) is 6.84. The number of hydrogen-bond acceptors (Lipinski definition) is 4. The predicted octanol–water partition coefficient (Wildman–Crippen LogP) is 5.46. The van der Waals surface area contributed by atoms with E-state index in [2.05, 4.69) is 16.0 Å². The molecule has 4 bridgehead atoms. The third-order valence-electron chi connectivity index (χ3n) is 7.54. The van der Waals surface area contributed by atoms with Gasteiger partial charge in [0, 0.05) is 17.2 Å². The van der Waals surface area contributed by atoms with Crippen molar-refractivity contribution in [1.29, 1.82) is 0 Å². The van der Waals surface area contributed by atoms with E-state index in [-0.39, 0.29) is 11.2 Å². The third kappa shape index (κ3) is 2.77. The summed E-state index contributed by atoms with van der Waals surface area (Å²) in [6, 6.07) is 10.8. The summed E-state index contributed by atoms with van der Waals surface area (Å²) in [5, 5.41) is 19.6. The number of H-pyrrole nitrogens is 1. The molecule has 4 aliphatic carbocycles. The number of rotatable bonds is 3. The zero-order valence-corrected chi connectivity index (χ0v) is 16.6. The molecule has 0 saturated heterocycles. The van der Waals surface area contributed by atoms with Gasteiger partial charge in [0.1, 0.15) is 17.3 Å². The molecule has 3 aromatic rings. The number of aromatic nitrogens is 2. The number of carbonyl (C=O) groups is 1. The highest BCUT2D eigenvalue weighted by atomic mass is 16.7. The van der Waals surface area contributed by atoms with Crippen molar-refractivity contribution in [3.8, 4) is 22.9 Å². The molecular formula is C24H24N2O4. The van der Waals surface area contributed by atoms with Gasteiger partial charge in [0.15, 0.2) is 0 Å². The first-order chi connectivity index (χ1) is 14.5. The smallest absolute Gasteiger partial charge is 0.508 e. The quantitative estimate of drug-likeness (QED) is 0.398. The lowest BCUT2D eigenvalue weighted by molar-refractivity contribution is -0.00611. The second kappa shape index (κ2) is 6.24. The summed E-state index contributed by atoms with van der Waals surface area (Å²) < 4.78 is 4.74. The monoisotopic (exact) mass is 404 g/mol. The van der Waals surface area contributed by atoms with Crippen molar-refractivity contribution in [2.45, 2.75) is 43.9 Å². The fraction of sp³-hybridized carbons (Fsp3) is 0.417. The largest absolute Gasteiger partial charge is 0.511 e. The first-order valence-electron chi connectivity index (χ1n) is 10.7. The number of aromatic amines is 1. The number of ether oxygens (including phenoxy) is 1. The maximum absolute atomic E-state index is 10.8. The summed E-state index contributed by atoms with van der Waals surface area (Å²) in [4.78, 5) is 18.8. The van der Waals surface area contributed by atoms with Gasteiger partial charge in [-0.25, -0.2) is 9.78 Å². The Kier molecular flexibility index (Phi) is 3.70. The van der Waals surface area contributed by atoms with E-state index in [0.29, 0.717) is 17.1 Å². The summed E-state index contributed by atoms with van der Waals surface area (Å²) >= 11 is 0. The molecule has 4 aliphatic rings. The molecule has 1 heterocycles. The molecular weight excluding hydrogens is 380 g/mol. The number of benzene rings is 2. The van der Waals surface area contributed by atoms with Crippen LogP contribution in [0.4, 0.5) is 4.79 Å². The van der Waals surface area contributed by atoms with Crippen LogP contribution in [0.2, 0.25) is 0 Å². The minimum Gasteiger partial charge on any atom is -0.508 e. The number of nitrogens with zero attached hydrogens (tertiary/aromatic N) is 1. The molecule has 3 N–H and O–H groups in total. The Bertz CT molecular complexity index is 1130. The maximum Gasteiger partial charge on any atom is 0.511 e. The van der Waals surface area contributed by atoms with Crippen molar-refractivity contribution in [3.05, 3.63) is 42.0 Å². The van der Waals surface area contributed by atoms with Gasteiger partial charge < -0.3 is 19.9 Å².